The number of para-hydroxylation sites is 1. The molecular formula is C10H9N2O2+. The van der Waals surface area contributed by atoms with E-state index in [1.807, 2.05) is 18.2 Å². The van der Waals surface area contributed by atoms with Crippen molar-refractivity contribution in [2.24, 2.45) is 0 Å². The normalized spacial score (nSPS) is 10.1. The zero-order valence-electron chi connectivity index (χ0n) is 7.68. The highest BCUT2D eigenvalue weighted by atomic mass is 16.8. The Balaban J connectivity index is 2.71. The van der Waals surface area contributed by atoms with Crippen LogP contribution in [0.4, 0.5) is 5.69 Å². The Morgan fingerprint density at radius 2 is 2.07 bits per heavy atom. The summed E-state index contributed by atoms with van der Waals surface area (Å²) in [5.74, 6) is 0. The Morgan fingerprint density at radius 3 is 2.86 bits per heavy atom. The number of hydrogen-bond donors (Lipinski definition) is 0. The summed E-state index contributed by atoms with van der Waals surface area (Å²) in [6.45, 7) is 0. The highest BCUT2D eigenvalue weighted by Gasteiger charge is 2.18. The van der Waals surface area contributed by atoms with Crippen LogP contribution < -0.4 is 0 Å². The number of nitrogens with zero attached hydrogens (tertiary/aromatic N) is 2. The first-order valence-electron chi connectivity index (χ1n) is 4.18. The van der Waals surface area contributed by atoms with E-state index in [1.165, 1.54) is 7.11 Å². The molecule has 0 aliphatic rings. The van der Waals surface area contributed by atoms with Gasteiger partial charge in [0.2, 0.25) is 0 Å². The van der Waals surface area contributed by atoms with E-state index in [4.69, 9.17) is 0 Å². The highest BCUT2D eigenvalue weighted by molar-refractivity contribution is 5.86. The molecular weight excluding hydrogens is 180 g/mol. The molecule has 0 N–H and O–H groups in total. The van der Waals surface area contributed by atoms with Gasteiger partial charge in [0.25, 0.3) is 4.92 Å². The molecule has 1 aromatic heterocycles. The summed E-state index contributed by atoms with van der Waals surface area (Å²) < 4.78 is 0. The molecule has 0 atom stereocenters. The number of hydrogen-bond acceptors (Lipinski definition) is 3. The van der Waals surface area contributed by atoms with Crippen LogP contribution in [0.25, 0.3) is 10.9 Å². The van der Waals surface area contributed by atoms with Crippen LogP contribution in [0.2, 0.25) is 0 Å². The van der Waals surface area contributed by atoms with Gasteiger partial charge in [0.1, 0.15) is 0 Å². The minimum Gasteiger partial charge on any atom is -0.249 e. The predicted molar refractivity (Wildman–Crippen MR) is 52.0 cm³/mol. The molecule has 2 rings (SSSR count). The van der Waals surface area contributed by atoms with Crippen molar-refractivity contribution in [3.8, 4) is 0 Å². The lowest BCUT2D eigenvalue weighted by Crippen LogP contribution is -1.99. The van der Waals surface area contributed by atoms with E-state index in [-0.39, 0.29) is 0 Å². The van der Waals surface area contributed by atoms with E-state index in [1.54, 1.807) is 18.3 Å². The average molecular weight is 189 g/mol. The van der Waals surface area contributed by atoms with Crippen molar-refractivity contribution in [1.82, 2.24) is 4.98 Å². The molecule has 1 aromatic carbocycles. The Bertz CT molecular complexity index is 477. The lowest BCUT2D eigenvalue weighted by Gasteiger charge is -1.95. The van der Waals surface area contributed by atoms with Crippen molar-refractivity contribution < 1.29 is 9.76 Å². The van der Waals surface area contributed by atoms with Gasteiger partial charge in [0.05, 0.1) is 4.91 Å². The number of fused-ring (bicyclic) bond motifs is 1. The smallest absolute Gasteiger partial charge is 0.249 e. The van der Waals surface area contributed by atoms with Crippen molar-refractivity contribution in [3.63, 3.8) is 0 Å². The minimum atomic E-state index is 0.422. The Hall–Kier alpha value is -1.97. The van der Waals surface area contributed by atoms with Crippen LogP contribution in [-0.4, -0.2) is 17.0 Å². The summed E-state index contributed by atoms with van der Waals surface area (Å²) in [5, 5.41) is 0.919. The zero-order valence-corrected chi connectivity index (χ0v) is 7.68. The van der Waals surface area contributed by atoms with Crippen molar-refractivity contribution in [2.75, 3.05) is 7.11 Å². The van der Waals surface area contributed by atoms with Crippen LogP contribution in [0.1, 0.15) is 0 Å². The summed E-state index contributed by atoms with van der Waals surface area (Å²) >= 11 is 0. The second-order valence-electron chi connectivity index (χ2n) is 2.79. The Morgan fingerprint density at radius 1 is 1.29 bits per heavy atom. The quantitative estimate of drug-likeness (QED) is 0.680. The number of pyridine rings is 1. The van der Waals surface area contributed by atoms with Gasteiger partial charge in [-0.05, 0) is 6.07 Å². The molecule has 0 bridgehead atoms. The SMILES string of the molecule is CO[N+](=O)c1cccc2cccnc12. The van der Waals surface area contributed by atoms with E-state index < -0.39 is 0 Å². The molecule has 0 aliphatic carbocycles. The fourth-order valence-electron chi connectivity index (χ4n) is 1.33. The standard InChI is InChI=1S/C10H9N2O2/c1-14-12(13)9-6-2-4-8-5-3-7-11-10(8)9/h2-7H,1H3/q+1. The molecule has 2 aromatic rings. The van der Waals surface area contributed by atoms with E-state index in [9.17, 15) is 4.91 Å². The van der Waals surface area contributed by atoms with Gasteiger partial charge in [-0.15, -0.1) is 0 Å². The Labute approximate surface area is 80.7 Å². The molecule has 0 spiro atoms. The van der Waals surface area contributed by atoms with Crippen molar-refractivity contribution in [1.29, 1.82) is 0 Å². The molecule has 0 fully saturated rings. The van der Waals surface area contributed by atoms with Gasteiger partial charge in [-0.1, -0.05) is 18.2 Å². The largest absolute Gasteiger partial charge is 0.342 e. The van der Waals surface area contributed by atoms with Gasteiger partial charge >= 0.3 is 5.69 Å². The summed E-state index contributed by atoms with van der Waals surface area (Å²) in [6.07, 6.45) is 1.65. The van der Waals surface area contributed by atoms with Crippen LogP contribution in [0.5, 0.6) is 0 Å². The van der Waals surface area contributed by atoms with Gasteiger partial charge < -0.3 is 0 Å². The van der Waals surface area contributed by atoms with E-state index in [0.717, 1.165) is 5.39 Å². The maximum absolute atomic E-state index is 11.3. The molecule has 1 heterocycles. The van der Waals surface area contributed by atoms with E-state index in [0.29, 0.717) is 16.1 Å². The maximum Gasteiger partial charge on any atom is 0.342 e. The van der Waals surface area contributed by atoms with Crippen LogP contribution in [0.15, 0.2) is 36.5 Å². The average Bonchev–Trinajstić information content (AvgIpc) is 2.27. The summed E-state index contributed by atoms with van der Waals surface area (Å²) in [7, 11) is 1.33. The number of rotatable bonds is 2. The van der Waals surface area contributed by atoms with Crippen molar-refractivity contribution in [2.45, 2.75) is 0 Å². The van der Waals surface area contributed by atoms with Crippen LogP contribution in [-0.2, 0) is 4.84 Å². The summed E-state index contributed by atoms with van der Waals surface area (Å²) in [6, 6.07) is 9.09. The predicted octanol–water partition coefficient (Wildman–Crippen LogP) is 2.21. The van der Waals surface area contributed by atoms with Crippen molar-refractivity contribution >= 4 is 16.6 Å². The number of benzene rings is 1. The first-order valence-corrected chi connectivity index (χ1v) is 4.18. The number of aromatic nitrogens is 1. The van der Waals surface area contributed by atoms with Crippen molar-refractivity contribution in [3.05, 3.63) is 41.4 Å². The van der Waals surface area contributed by atoms with Gasteiger partial charge in [-0.3, -0.25) is 0 Å². The van der Waals surface area contributed by atoms with Gasteiger partial charge in [-0.2, -0.15) is 0 Å². The molecule has 4 nitrogen and oxygen atoms in total. The molecule has 0 saturated heterocycles. The lowest BCUT2D eigenvalue weighted by atomic mass is 10.2. The zero-order chi connectivity index (χ0) is 9.97. The monoisotopic (exact) mass is 189 g/mol. The lowest BCUT2D eigenvalue weighted by molar-refractivity contribution is -0.735. The van der Waals surface area contributed by atoms with Crippen LogP contribution in [0, 0.1) is 4.91 Å². The Kier molecular flexibility index (Phi) is 2.10. The molecule has 0 radical (unpaired) electrons. The minimum absolute atomic E-state index is 0.422. The third-order valence-corrected chi connectivity index (χ3v) is 1.97. The summed E-state index contributed by atoms with van der Waals surface area (Å²) in [5.41, 5.74) is 1.07. The second kappa shape index (κ2) is 3.41. The fraction of sp³-hybridized carbons (Fsp3) is 0.100. The molecule has 0 amide bonds. The van der Waals surface area contributed by atoms with Gasteiger partial charge in [-0.25, -0.2) is 9.82 Å². The second-order valence-corrected chi connectivity index (χ2v) is 2.79. The van der Waals surface area contributed by atoms with Gasteiger partial charge in [0.15, 0.2) is 12.6 Å². The molecule has 0 unspecified atom stereocenters. The summed E-state index contributed by atoms with van der Waals surface area (Å²) in [4.78, 5) is 20.4. The first kappa shape index (κ1) is 8.62. The van der Waals surface area contributed by atoms with E-state index in [2.05, 4.69) is 9.82 Å². The molecule has 0 saturated carbocycles. The fourth-order valence-corrected chi connectivity index (χ4v) is 1.33. The van der Waals surface area contributed by atoms with E-state index >= 15 is 0 Å². The molecule has 70 valence electrons. The van der Waals surface area contributed by atoms with Crippen LogP contribution in [0.3, 0.4) is 0 Å². The molecule has 4 heteroatoms. The third-order valence-electron chi connectivity index (χ3n) is 1.97. The first-order chi connectivity index (χ1) is 6.83. The molecule has 0 aliphatic heterocycles. The molecule has 14 heavy (non-hydrogen) atoms. The maximum atomic E-state index is 11.3. The highest BCUT2D eigenvalue weighted by Crippen LogP contribution is 2.22. The van der Waals surface area contributed by atoms with Crippen LogP contribution >= 0.6 is 0 Å². The topological polar surface area (TPSA) is 42.2 Å². The van der Waals surface area contributed by atoms with Gasteiger partial charge in [0, 0.05) is 17.6 Å². The third kappa shape index (κ3) is 1.31.